The van der Waals surface area contributed by atoms with Gasteiger partial charge in [0.15, 0.2) is 0 Å². The van der Waals surface area contributed by atoms with Gasteiger partial charge in [0.05, 0.1) is 41.6 Å². The Morgan fingerprint density at radius 3 is 2.63 bits per heavy atom. The zero-order valence-electron chi connectivity index (χ0n) is 18.4. The number of nitrogens with two attached hydrogens (primary N) is 2. The zero-order valence-corrected chi connectivity index (χ0v) is 18.4. The van der Waals surface area contributed by atoms with E-state index in [0.717, 1.165) is 30.0 Å². The average molecular weight is 415 g/mol. The van der Waals surface area contributed by atoms with Gasteiger partial charge in [-0.05, 0) is 44.7 Å². The molecule has 8 nitrogen and oxygen atoms in total. The molecule has 30 heavy (non-hydrogen) atoms. The lowest BCUT2D eigenvalue weighted by molar-refractivity contribution is 0.153. The number of aromatic nitrogens is 2. The highest BCUT2D eigenvalue weighted by molar-refractivity contribution is 5.64. The van der Waals surface area contributed by atoms with Crippen LogP contribution in [0.1, 0.15) is 69.0 Å². The molecule has 0 aliphatic heterocycles. The molecule has 0 saturated heterocycles. The van der Waals surface area contributed by atoms with Crippen LogP contribution in [0.25, 0.3) is 5.70 Å². The number of anilines is 1. The predicted molar refractivity (Wildman–Crippen MR) is 119 cm³/mol. The number of hydrogen-bond acceptors (Lipinski definition) is 8. The maximum Gasteiger partial charge on any atom is 0.295 e. The van der Waals surface area contributed by atoms with E-state index in [1.807, 2.05) is 19.1 Å². The molecule has 1 aliphatic rings. The van der Waals surface area contributed by atoms with Crippen LogP contribution in [0.2, 0.25) is 0 Å². The highest BCUT2D eigenvalue weighted by Crippen LogP contribution is 2.26. The Hall–Kier alpha value is -2.74. The number of aryl methyl sites for hydroxylation is 1. The number of nitrogens with one attached hydrogen (secondary N) is 1. The predicted octanol–water partition coefficient (Wildman–Crippen LogP) is 3.76. The summed E-state index contributed by atoms with van der Waals surface area (Å²) in [6.45, 7) is 6.41. The molecule has 1 saturated carbocycles. The van der Waals surface area contributed by atoms with Crippen LogP contribution in [0.4, 0.5) is 6.01 Å². The minimum absolute atomic E-state index is 0.270. The third-order valence-corrected chi connectivity index (χ3v) is 5.40. The molecule has 0 unspecified atom stereocenters. The Kier molecular flexibility index (Phi) is 7.20. The Balaban J connectivity index is 1.73. The molecular formula is C22H34N6O2. The van der Waals surface area contributed by atoms with Crippen molar-refractivity contribution in [3.63, 3.8) is 0 Å². The van der Waals surface area contributed by atoms with E-state index in [4.69, 9.17) is 20.7 Å². The van der Waals surface area contributed by atoms with Crippen molar-refractivity contribution in [1.29, 1.82) is 0 Å². The Bertz CT molecular complexity index is 868. The molecule has 1 fully saturated rings. The van der Waals surface area contributed by atoms with E-state index >= 15 is 0 Å². The highest BCUT2D eigenvalue weighted by atomic mass is 16.5. The highest BCUT2D eigenvalue weighted by Gasteiger charge is 2.18. The lowest BCUT2D eigenvalue weighted by Crippen LogP contribution is -2.32. The first-order chi connectivity index (χ1) is 14.3. The molecular weight excluding hydrogens is 380 g/mol. The molecule has 2 aromatic heterocycles. The monoisotopic (exact) mass is 414 g/mol. The molecule has 0 radical (unpaired) electrons. The third-order valence-electron chi connectivity index (χ3n) is 5.40. The van der Waals surface area contributed by atoms with Gasteiger partial charge in [0.1, 0.15) is 11.5 Å². The second kappa shape index (κ2) is 9.84. The molecule has 2 heterocycles. The second-order valence-corrected chi connectivity index (χ2v) is 8.21. The quantitative estimate of drug-likeness (QED) is 0.442. The zero-order chi connectivity index (χ0) is 21.7. The van der Waals surface area contributed by atoms with E-state index in [9.17, 15) is 0 Å². The van der Waals surface area contributed by atoms with Gasteiger partial charge in [0.2, 0.25) is 0 Å². The van der Waals surface area contributed by atoms with Crippen molar-refractivity contribution in [2.24, 2.45) is 11.6 Å². The van der Waals surface area contributed by atoms with Gasteiger partial charge in [-0.25, -0.2) is 15.8 Å². The topological polar surface area (TPSA) is 115 Å². The normalized spacial score (nSPS) is 15.8. The van der Waals surface area contributed by atoms with Crippen molar-refractivity contribution in [1.82, 2.24) is 15.0 Å². The number of pyridine rings is 1. The van der Waals surface area contributed by atoms with Crippen molar-refractivity contribution < 1.29 is 9.15 Å². The number of oxazole rings is 1. The smallest absolute Gasteiger partial charge is 0.295 e. The van der Waals surface area contributed by atoms with Crippen LogP contribution in [0.5, 0.6) is 5.75 Å². The van der Waals surface area contributed by atoms with Gasteiger partial charge in [0, 0.05) is 13.0 Å². The van der Waals surface area contributed by atoms with E-state index in [-0.39, 0.29) is 12.0 Å². The SMILES string of the molecule is Cc1nc(/C(N)=C(\CNc2ncc(C(C)C)o2)N(C)N)ccc1OC1CCCCC1. The Morgan fingerprint density at radius 1 is 1.30 bits per heavy atom. The Morgan fingerprint density at radius 2 is 2.03 bits per heavy atom. The first kappa shape index (κ1) is 22.0. The van der Waals surface area contributed by atoms with Gasteiger partial charge in [-0.3, -0.25) is 0 Å². The van der Waals surface area contributed by atoms with Crippen molar-refractivity contribution in [3.8, 4) is 5.75 Å². The maximum absolute atomic E-state index is 6.42. The fraction of sp³-hybridized carbons (Fsp3) is 0.545. The number of hydrazine groups is 1. The minimum atomic E-state index is 0.270. The summed E-state index contributed by atoms with van der Waals surface area (Å²) in [5, 5.41) is 4.63. The van der Waals surface area contributed by atoms with Crippen LogP contribution in [0.15, 0.2) is 28.4 Å². The van der Waals surface area contributed by atoms with E-state index in [1.54, 1.807) is 13.2 Å². The summed E-state index contributed by atoms with van der Waals surface area (Å²) in [5.74, 6) is 7.95. The summed E-state index contributed by atoms with van der Waals surface area (Å²) < 4.78 is 11.9. The largest absolute Gasteiger partial charge is 0.489 e. The standard InChI is InChI=1S/C22H34N6O2/c1-14(2)20-13-26-22(30-20)25-12-18(28(4)24)21(23)17-10-11-19(15(3)27-17)29-16-8-6-5-7-9-16/h10-11,13-14,16H,5-9,12,23-24H2,1-4H3,(H,25,26)/b21-18-. The molecule has 0 aromatic carbocycles. The van der Waals surface area contributed by atoms with Gasteiger partial charge in [-0.1, -0.05) is 20.3 Å². The minimum Gasteiger partial charge on any atom is -0.489 e. The van der Waals surface area contributed by atoms with Gasteiger partial charge >= 0.3 is 0 Å². The first-order valence-electron chi connectivity index (χ1n) is 10.7. The van der Waals surface area contributed by atoms with Crippen molar-refractivity contribution in [2.75, 3.05) is 18.9 Å². The lowest BCUT2D eigenvalue weighted by Gasteiger charge is -2.24. The van der Waals surface area contributed by atoms with E-state index < -0.39 is 0 Å². The number of ether oxygens (including phenoxy) is 1. The van der Waals surface area contributed by atoms with Gasteiger partial charge in [0.25, 0.3) is 6.01 Å². The molecule has 1 aliphatic carbocycles. The molecule has 0 atom stereocenters. The van der Waals surface area contributed by atoms with E-state index in [0.29, 0.717) is 29.6 Å². The second-order valence-electron chi connectivity index (χ2n) is 8.21. The van der Waals surface area contributed by atoms with Gasteiger partial charge in [-0.15, -0.1) is 0 Å². The van der Waals surface area contributed by atoms with Crippen molar-refractivity contribution >= 4 is 11.7 Å². The molecule has 164 valence electrons. The van der Waals surface area contributed by atoms with Crippen LogP contribution >= 0.6 is 0 Å². The van der Waals surface area contributed by atoms with Crippen LogP contribution in [-0.2, 0) is 0 Å². The van der Waals surface area contributed by atoms with Gasteiger partial charge < -0.3 is 25.2 Å². The lowest BCUT2D eigenvalue weighted by atomic mass is 9.98. The number of nitrogens with zero attached hydrogens (tertiary/aromatic N) is 3. The summed E-state index contributed by atoms with van der Waals surface area (Å²) >= 11 is 0. The summed E-state index contributed by atoms with van der Waals surface area (Å²) in [6.07, 6.45) is 7.98. The summed E-state index contributed by atoms with van der Waals surface area (Å²) in [7, 11) is 1.74. The molecule has 3 rings (SSSR count). The van der Waals surface area contributed by atoms with E-state index in [1.165, 1.54) is 24.3 Å². The third kappa shape index (κ3) is 5.44. The van der Waals surface area contributed by atoms with Crippen LogP contribution < -0.4 is 21.6 Å². The molecule has 0 bridgehead atoms. The number of hydrogen-bond donors (Lipinski definition) is 3. The Labute approximate surface area is 178 Å². The summed E-state index contributed by atoms with van der Waals surface area (Å²) in [6, 6.07) is 4.27. The maximum atomic E-state index is 6.42. The average Bonchev–Trinajstić information content (AvgIpc) is 3.19. The van der Waals surface area contributed by atoms with Gasteiger partial charge in [-0.2, -0.15) is 0 Å². The van der Waals surface area contributed by atoms with E-state index in [2.05, 4.69) is 29.1 Å². The first-order valence-corrected chi connectivity index (χ1v) is 10.7. The molecule has 0 amide bonds. The molecule has 0 spiro atoms. The molecule has 8 heteroatoms. The van der Waals surface area contributed by atoms with Crippen LogP contribution in [-0.4, -0.2) is 34.7 Å². The van der Waals surface area contributed by atoms with Crippen LogP contribution in [0, 0.1) is 6.92 Å². The van der Waals surface area contributed by atoms with Crippen molar-refractivity contribution in [3.05, 3.63) is 41.2 Å². The summed E-state index contributed by atoms with van der Waals surface area (Å²) in [5.41, 5.74) is 9.09. The fourth-order valence-corrected chi connectivity index (χ4v) is 3.54. The fourth-order valence-electron chi connectivity index (χ4n) is 3.54. The van der Waals surface area contributed by atoms with Crippen molar-refractivity contribution in [2.45, 2.75) is 64.9 Å². The number of rotatable bonds is 8. The number of likely N-dealkylation sites (N-methyl/N-ethyl adjacent to an activating group) is 1. The molecule has 5 N–H and O–H groups in total. The molecule has 2 aromatic rings. The summed E-state index contributed by atoms with van der Waals surface area (Å²) in [4.78, 5) is 8.92. The van der Waals surface area contributed by atoms with Crippen LogP contribution in [0.3, 0.4) is 0 Å².